The van der Waals surface area contributed by atoms with Gasteiger partial charge in [-0.2, -0.15) is 5.10 Å². The van der Waals surface area contributed by atoms with Crippen LogP contribution in [0.3, 0.4) is 0 Å². The van der Waals surface area contributed by atoms with E-state index >= 15 is 0 Å². The molecule has 0 fully saturated rings. The second-order valence-corrected chi connectivity index (χ2v) is 6.20. The van der Waals surface area contributed by atoms with E-state index in [0.29, 0.717) is 34.1 Å². The molecule has 2 N–H and O–H groups in total. The number of carboxylic acid groups (broad SMARTS) is 1. The van der Waals surface area contributed by atoms with Crippen molar-refractivity contribution >= 4 is 18.1 Å². The summed E-state index contributed by atoms with van der Waals surface area (Å²) in [6, 6.07) is 14.6. The zero-order valence-corrected chi connectivity index (χ0v) is 16.8. The molecular formula is C22H20N2O7. The van der Waals surface area contributed by atoms with Crippen molar-refractivity contribution in [2.75, 3.05) is 14.2 Å². The molecule has 0 atom stereocenters. The number of furan rings is 1. The fraction of sp³-hybridized carbons (Fsp3) is 0.136. The normalized spacial score (nSPS) is 10.6. The first-order chi connectivity index (χ1) is 15.0. The summed E-state index contributed by atoms with van der Waals surface area (Å²) in [5, 5.41) is 12.8. The van der Waals surface area contributed by atoms with Crippen LogP contribution in [0.5, 0.6) is 17.2 Å². The van der Waals surface area contributed by atoms with Gasteiger partial charge >= 0.3 is 5.97 Å². The van der Waals surface area contributed by atoms with Crippen LogP contribution in [0, 0.1) is 0 Å². The van der Waals surface area contributed by atoms with Crippen LogP contribution < -0.4 is 19.6 Å². The summed E-state index contributed by atoms with van der Waals surface area (Å²) in [4.78, 5) is 23.0. The average molecular weight is 424 g/mol. The number of carbonyl (C=O) groups is 2. The number of carbonyl (C=O) groups excluding carboxylic acids is 1. The summed E-state index contributed by atoms with van der Waals surface area (Å²) in [5.74, 6) is 0.242. The van der Waals surface area contributed by atoms with E-state index in [1.165, 1.54) is 25.5 Å². The average Bonchev–Trinajstić information content (AvgIpc) is 3.27. The summed E-state index contributed by atoms with van der Waals surface area (Å²) in [6.07, 6.45) is 1.47. The molecule has 0 radical (unpaired) electrons. The molecular weight excluding hydrogens is 404 g/mol. The highest BCUT2D eigenvalue weighted by molar-refractivity contribution is 5.95. The van der Waals surface area contributed by atoms with Crippen LogP contribution in [-0.4, -0.2) is 37.4 Å². The molecule has 1 aromatic heterocycles. The highest BCUT2D eigenvalue weighted by Crippen LogP contribution is 2.28. The Balaban J connectivity index is 1.60. The molecule has 0 saturated carbocycles. The Morgan fingerprint density at radius 3 is 2.45 bits per heavy atom. The standard InChI is InChI=1S/C22H20N2O7/c1-28-16-6-4-15(5-7-16)21(25)24-23-12-14-3-9-18(20(11-14)29-2)30-13-17-8-10-19(31-17)22(26)27/h3-12H,13H2,1-2H3,(H,24,25)(H,26,27). The van der Waals surface area contributed by atoms with Crippen molar-refractivity contribution in [3.05, 3.63) is 77.2 Å². The molecule has 1 amide bonds. The molecule has 9 nitrogen and oxygen atoms in total. The zero-order valence-electron chi connectivity index (χ0n) is 16.8. The molecule has 3 aromatic rings. The fourth-order valence-corrected chi connectivity index (χ4v) is 2.58. The third-order valence-corrected chi connectivity index (χ3v) is 4.16. The van der Waals surface area contributed by atoms with Gasteiger partial charge in [0.2, 0.25) is 5.76 Å². The number of nitrogens with zero attached hydrogens (tertiary/aromatic N) is 1. The van der Waals surface area contributed by atoms with Gasteiger partial charge < -0.3 is 23.7 Å². The summed E-state index contributed by atoms with van der Waals surface area (Å²) >= 11 is 0. The SMILES string of the molecule is COc1ccc(C(=O)NN=Cc2ccc(OCc3ccc(C(=O)O)o3)c(OC)c2)cc1. The van der Waals surface area contributed by atoms with E-state index in [4.69, 9.17) is 23.7 Å². The van der Waals surface area contributed by atoms with Crippen LogP contribution in [0.15, 0.2) is 64.1 Å². The van der Waals surface area contributed by atoms with Gasteiger partial charge in [0.25, 0.3) is 5.91 Å². The second kappa shape index (κ2) is 9.97. The van der Waals surface area contributed by atoms with E-state index in [1.54, 1.807) is 49.6 Å². The Kier molecular flexibility index (Phi) is 6.89. The fourth-order valence-electron chi connectivity index (χ4n) is 2.58. The van der Waals surface area contributed by atoms with Crippen molar-refractivity contribution in [3.63, 3.8) is 0 Å². The minimum Gasteiger partial charge on any atom is -0.497 e. The summed E-state index contributed by atoms with van der Waals surface area (Å²) < 4.78 is 21.2. The van der Waals surface area contributed by atoms with Gasteiger partial charge in [0.15, 0.2) is 11.5 Å². The van der Waals surface area contributed by atoms with Gasteiger partial charge in [-0.3, -0.25) is 4.79 Å². The Bertz CT molecular complexity index is 1090. The van der Waals surface area contributed by atoms with Crippen molar-refractivity contribution in [1.29, 1.82) is 0 Å². The summed E-state index contributed by atoms with van der Waals surface area (Å²) in [5.41, 5.74) is 3.57. The van der Waals surface area contributed by atoms with E-state index in [2.05, 4.69) is 10.5 Å². The minimum absolute atomic E-state index is 0.0367. The predicted octanol–water partition coefficient (Wildman–Crippen LogP) is 3.34. The Morgan fingerprint density at radius 1 is 1.03 bits per heavy atom. The quantitative estimate of drug-likeness (QED) is 0.399. The molecule has 0 bridgehead atoms. The first-order valence-corrected chi connectivity index (χ1v) is 9.10. The van der Waals surface area contributed by atoms with Gasteiger partial charge in [-0.1, -0.05) is 0 Å². The molecule has 9 heteroatoms. The van der Waals surface area contributed by atoms with Crippen LogP contribution >= 0.6 is 0 Å². The number of carboxylic acids is 1. The van der Waals surface area contributed by atoms with Crippen molar-refractivity contribution in [1.82, 2.24) is 5.43 Å². The lowest BCUT2D eigenvalue weighted by molar-refractivity contribution is 0.0657. The number of ether oxygens (including phenoxy) is 3. The predicted molar refractivity (Wildman–Crippen MR) is 111 cm³/mol. The first-order valence-electron chi connectivity index (χ1n) is 9.10. The van der Waals surface area contributed by atoms with Crippen LogP contribution in [0.1, 0.15) is 32.2 Å². The highest BCUT2D eigenvalue weighted by atomic mass is 16.5. The van der Waals surface area contributed by atoms with E-state index < -0.39 is 5.97 Å². The van der Waals surface area contributed by atoms with Crippen LogP contribution in [-0.2, 0) is 6.61 Å². The van der Waals surface area contributed by atoms with Crippen LogP contribution in [0.4, 0.5) is 0 Å². The van der Waals surface area contributed by atoms with E-state index in [0.717, 1.165) is 0 Å². The lowest BCUT2D eigenvalue weighted by atomic mass is 10.2. The van der Waals surface area contributed by atoms with Crippen molar-refractivity contribution in [2.45, 2.75) is 6.61 Å². The molecule has 0 aliphatic carbocycles. The number of hydrogen-bond acceptors (Lipinski definition) is 7. The number of hydrazone groups is 1. The molecule has 160 valence electrons. The number of hydrogen-bond donors (Lipinski definition) is 2. The molecule has 1 heterocycles. The molecule has 31 heavy (non-hydrogen) atoms. The maximum absolute atomic E-state index is 12.1. The lowest BCUT2D eigenvalue weighted by Crippen LogP contribution is -2.17. The Labute approximate surface area is 177 Å². The molecule has 0 spiro atoms. The van der Waals surface area contributed by atoms with Gasteiger partial charge in [0.1, 0.15) is 18.1 Å². The maximum atomic E-state index is 12.1. The van der Waals surface area contributed by atoms with Gasteiger partial charge in [-0.05, 0) is 60.2 Å². The smallest absolute Gasteiger partial charge is 0.371 e. The zero-order chi connectivity index (χ0) is 22.2. The van der Waals surface area contributed by atoms with Gasteiger partial charge in [-0.15, -0.1) is 0 Å². The van der Waals surface area contributed by atoms with E-state index in [9.17, 15) is 9.59 Å². The lowest BCUT2D eigenvalue weighted by Gasteiger charge is -2.10. The number of nitrogens with one attached hydrogen (secondary N) is 1. The Hall–Kier alpha value is -4.27. The molecule has 0 aliphatic heterocycles. The number of amides is 1. The third-order valence-electron chi connectivity index (χ3n) is 4.16. The third kappa shape index (κ3) is 5.63. The van der Waals surface area contributed by atoms with Crippen molar-refractivity contribution < 1.29 is 33.3 Å². The number of benzene rings is 2. The monoisotopic (exact) mass is 424 g/mol. The topological polar surface area (TPSA) is 120 Å². The second-order valence-electron chi connectivity index (χ2n) is 6.20. The number of aromatic carboxylic acids is 1. The number of rotatable bonds is 9. The van der Waals surface area contributed by atoms with Gasteiger partial charge in [-0.25, -0.2) is 10.2 Å². The summed E-state index contributed by atoms with van der Waals surface area (Å²) in [6.45, 7) is 0.0367. The van der Waals surface area contributed by atoms with E-state index in [1.807, 2.05) is 0 Å². The van der Waals surface area contributed by atoms with Gasteiger partial charge in [0, 0.05) is 5.56 Å². The van der Waals surface area contributed by atoms with E-state index in [-0.39, 0.29) is 18.3 Å². The van der Waals surface area contributed by atoms with Crippen LogP contribution in [0.25, 0.3) is 0 Å². The number of methoxy groups -OCH3 is 2. The Morgan fingerprint density at radius 2 is 1.81 bits per heavy atom. The largest absolute Gasteiger partial charge is 0.497 e. The molecule has 2 aromatic carbocycles. The highest BCUT2D eigenvalue weighted by Gasteiger charge is 2.11. The minimum atomic E-state index is -1.15. The molecule has 0 saturated heterocycles. The van der Waals surface area contributed by atoms with Crippen molar-refractivity contribution in [3.8, 4) is 17.2 Å². The maximum Gasteiger partial charge on any atom is 0.371 e. The molecule has 3 rings (SSSR count). The molecule has 0 unspecified atom stereocenters. The van der Waals surface area contributed by atoms with Crippen LogP contribution in [0.2, 0.25) is 0 Å². The van der Waals surface area contributed by atoms with Crippen molar-refractivity contribution in [2.24, 2.45) is 5.10 Å². The summed E-state index contributed by atoms with van der Waals surface area (Å²) in [7, 11) is 3.04. The van der Waals surface area contributed by atoms with Gasteiger partial charge in [0.05, 0.1) is 20.4 Å². The first kappa shape index (κ1) is 21.4. The molecule has 0 aliphatic rings.